The molecule has 1 aliphatic carbocycles. The van der Waals surface area contributed by atoms with E-state index in [1.54, 1.807) is 42.1 Å². The maximum Gasteiger partial charge on any atom is 0.352 e. The van der Waals surface area contributed by atoms with E-state index in [0.29, 0.717) is 29.9 Å². The number of rotatable bonds is 8. The van der Waals surface area contributed by atoms with Crippen LogP contribution in [0.5, 0.6) is 0 Å². The van der Waals surface area contributed by atoms with Crippen LogP contribution >= 0.6 is 0 Å². The molecule has 4 aromatic rings. The number of benzene rings is 2. The molecule has 3 aliphatic rings. The lowest BCUT2D eigenvalue weighted by Crippen LogP contribution is -2.53. The number of aliphatic hydroxyl groups excluding tert-OH is 2. The quantitative estimate of drug-likeness (QED) is 0.234. The number of aromatic nitrogens is 6. The second-order valence-corrected chi connectivity index (χ2v) is 11.0. The van der Waals surface area contributed by atoms with Crippen molar-refractivity contribution in [3.8, 4) is 5.69 Å². The lowest BCUT2D eigenvalue weighted by molar-refractivity contribution is 0.0291. The highest BCUT2D eigenvalue weighted by atomic mass is 16.6. The normalized spacial score (nSPS) is 26.6. The van der Waals surface area contributed by atoms with Crippen LogP contribution in [0.3, 0.4) is 0 Å². The number of oxime groups is 1. The molecule has 4 heterocycles. The molecule has 0 bridgehead atoms. The molecule has 2 aliphatic heterocycles. The molecule has 2 fully saturated rings. The Morgan fingerprint density at radius 3 is 2.57 bits per heavy atom. The lowest BCUT2D eigenvalue weighted by atomic mass is 9.78. The molecule has 0 radical (unpaired) electrons. The fraction of sp³-hybridized carbons (Fsp3) is 0.414. The molecule has 218 valence electrons. The van der Waals surface area contributed by atoms with E-state index in [1.165, 1.54) is 9.36 Å². The van der Waals surface area contributed by atoms with Gasteiger partial charge < -0.3 is 19.8 Å². The fourth-order valence-electron chi connectivity index (χ4n) is 6.22. The van der Waals surface area contributed by atoms with E-state index in [9.17, 15) is 19.8 Å². The standard InChI is InChI=1S/C29H31N7O6/c1-17(22-15-33(32-30-22)20(16-37)14-18-8-4-2-5-9-18)42-31-23-21-12-13-34-28(39)35(19-10-6-3-7-11-19)29(40)36(34)24(21)25(38)27-26(23)41-27/h2-11,15,17,20-21,24-27,37-38H,12-14,16H2,1H3/b31-23+/t17-,20-,21-,24+,25-,26+,27+/m0/s1. The third kappa shape index (κ3) is 4.40. The van der Waals surface area contributed by atoms with E-state index in [-0.39, 0.29) is 25.1 Å². The summed E-state index contributed by atoms with van der Waals surface area (Å²) in [5.74, 6) is -0.361. The van der Waals surface area contributed by atoms with Gasteiger partial charge in [-0.15, -0.1) is 5.10 Å². The summed E-state index contributed by atoms with van der Waals surface area (Å²) < 4.78 is 11.3. The predicted molar refractivity (Wildman–Crippen MR) is 149 cm³/mol. The van der Waals surface area contributed by atoms with Crippen molar-refractivity contribution in [2.75, 3.05) is 6.61 Å². The first-order chi connectivity index (χ1) is 20.5. The number of ether oxygens (including phenoxy) is 1. The molecule has 0 amide bonds. The number of nitrogens with zero attached hydrogens (tertiary/aromatic N) is 7. The molecule has 13 nitrogen and oxygen atoms in total. The number of aliphatic hydroxyl groups is 2. The summed E-state index contributed by atoms with van der Waals surface area (Å²) in [5, 5.41) is 34.1. The van der Waals surface area contributed by atoms with Gasteiger partial charge in [-0.2, -0.15) is 0 Å². The van der Waals surface area contributed by atoms with Gasteiger partial charge in [-0.25, -0.2) is 28.2 Å². The molecule has 0 unspecified atom stereocenters. The van der Waals surface area contributed by atoms with Crippen LogP contribution in [0.1, 0.15) is 42.8 Å². The molecule has 42 heavy (non-hydrogen) atoms. The summed E-state index contributed by atoms with van der Waals surface area (Å²) in [6.07, 6.45) is 0.321. The average Bonchev–Trinajstić information content (AvgIpc) is 3.59. The second kappa shape index (κ2) is 10.5. The Bertz CT molecular complexity index is 1730. The number of epoxide rings is 1. The first-order valence-electron chi connectivity index (χ1n) is 14.1. The summed E-state index contributed by atoms with van der Waals surface area (Å²) in [7, 11) is 0. The molecule has 1 saturated carbocycles. The van der Waals surface area contributed by atoms with Crippen LogP contribution in [0.2, 0.25) is 0 Å². The topological polar surface area (TPSA) is 154 Å². The Morgan fingerprint density at radius 2 is 1.83 bits per heavy atom. The summed E-state index contributed by atoms with van der Waals surface area (Å²) in [5.41, 5.74) is 1.72. The Labute approximate surface area is 239 Å². The maximum absolute atomic E-state index is 13.6. The maximum atomic E-state index is 13.6. The molecule has 13 heteroatoms. The highest BCUT2D eigenvalue weighted by Gasteiger charge is 2.61. The van der Waals surface area contributed by atoms with Crippen molar-refractivity contribution in [2.24, 2.45) is 11.1 Å². The van der Waals surface area contributed by atoms with Crippen molar-refractivity contribution in [3.63, 3.8) is 0 Å². The third-order valence-electron chi connectivity index (χ3n) is 8.46. The van der Waals surface area contributed by atoms with Gasteiger partial charge in [0.05, 0.1) is 36.3 Å². The zero-order chi connectivity index (χ0) is 29.0. The summed E-state index contributed by atoms with van der Waals surface area (Å²) >= 11 is 0. The molecular formula is C29H31N7O6. The number of hydrogen-bond donors (Lipinski definition) is 2. The monoisotopic (exact) mass is 573 g/mol. The van der Waals surface area contributed by atoms with Gasteiger partial charge in [-0.3, -0.25) is 0 Å². The van der Waals surface area contributed by atoms with E-state index in [0.717, 1.165) is 10.1 Å². The number of hydrogen-bond acceptors (Lipinski definition) is 9. The number of para-hydroxylation sites is 1. The molecule has 7 atom stereocenters. The summed E-state index contributed by atoms with van der Waals surface area (Å²) in [4.78, 5) is 32.7. The van der Waals surface area contributed by atoms with Gasteiger partial charge in [0, 0.05) is 12.5 Å². The van der Waals surface area contributed by atoms with Crippen molar-refractivity contribution >= 4 is 5.71 Å². The molecule has 0 spiro atoms. The Balaban J connectivity index is 1.13. The molecule has 1 saturated heterocycles. The van der Waals surface area contributed by atoms with Crippen LogP contribution in [0.25, 0.3) is 5.69 Å². The van der Waals surface area contributed by atoms with Crippen LogP contribution in [0.15, 0.2) is 81.6 Å². The zero-order valence-corrected chi connectivity index (χ0v) is 22.9. The molecule has 7 rings (SSSR count). The van der Waals surface area contributed by atoms with E-state index in [4.69, 9.17) is 9.57 Å². The van der Waals surface area contributed by atoms with Gasteiger partial charge in [0.25, 0.3) is 0 Å². The van der Waals surface area contributed by atoms with Crippen molar-refractivity contribution in [1.29, 1.82) is 0 Å². The first-order valence-corrected chi connectivity index (χ1v) is 14.1. The van der Waals surface area contributed by atoms with E-state index in [2.05, 4.69) is 15.5 Å². The van der Waals surface area contributed by atoms with E-state index in [1.807, 2.05) is 36.4 Å². The lowest BCUT2D eigenvalue weighted by Gasteiger charge is -2.38. The van der Waals surface area contributed by atoms with Crippen molar-refractivity contribution < 1.29 is 19.8 Å². The SMILES string of the molecule is C[C@H](O/N=C1/[C@H]2O[C@@H]2[C@@H](O)[C@H]2[C@H]1CCn1c(=O)n(-c3ccccc3)c(=O)n12)c1cn([C@H](CO)Cc2ccccc2)nn1. The minimum atomic E-state index is -0.980. The van der Waals surface area contributed by atoms with Crippen molar-refractivity contribution in [2.45, 2.75) is 62.8 Å². The van der Waals surface area contributed by atoms with Gasteiger partial charge in [-0.05, 0) is 37.5 Å². The minimum absolute atomic E-state index is 0.0997. The van der Waals surface area contributed by atoms with Crippen molar-refractivity contribution in [3.05, 3.63) is 99.1 Å². The van der Waals surface area contributed by atoms with Crippen LogP contribution in [-0.4, -0.2) is 69.8 Å². The Kier molecular flexibility index (Phi) is 6.64. The first kappa shape index (κ1) is 26.6. The van der Waals surface area contributed by atoms with E-state index < -0.39 is 41.8 Å². The third-order valence-corrected chi connectivity index (χ3v) is 8.46. The fourth-order valence-corrected chi connectivity index (χ4v) is 6.22. The van der Waals surface area contributed by atoms with Gasteiger partial charge in [0.15, 0.2) is 6.10 Å². The molecule has 2 aromatic carbocycles. The second-order valence-electron chi connectivity index (χ2n) is 11.0. The predicted octanol–water partition coefficient (Wildman–Crippen LogP) is 1.00. The van der Waals surface area contributed by atoms with Gasteiger partial charge in [-0.1, -0.05) is 58.9 Å². The minimum Gasteiger partial charge on any atom is -0.394 e. The van der Waals surface area contributed by atoms with Crippen LogP contribution in [0, 0.1) is 5.92 Å². The highest BCUT2D eigenvalue weighted by Crippen LogP contribution is 2.46. The van der Waals surface area contributed by atoms with Crippen molar-refractivity contribution in [1.82, 2.24) is 28.9 Å². The van der Waals surface area contributed by atoms with Gasteiger partial charge in [0.1, 0.15) is 24.0 Å². The summed E-state index contributed by atoms with van der Waals surface area (Å²) in [6.45, 7) is 1.98. The molecule has 2 aromatic heterocycles. The van der Waals surface area contributed by atoms with Gasteiger partial charge >= 0.3 is 11.4 Å². The summed E-state index contributed by atoms with van der Waals surface area (Å²) in [6, 6.07) is 17.6. The highest BCUT2D eigenvalue weighted by molar-refractivity contribution is 5.94. The van der Waals surface area contributed by atoms with E-state index >= 15 is 0 Å². The Hall–Kier alpha value is -4.33. The van der Waals surface area contributed by atoms with Crippen LogP contribution < -0.4 is 11.4 Å². The largest absolute Gasteiger partial charge is 0.394 e. The smallest absolute Gasteiger partial charge is 0.352 e. The van der Waals surface area contributed by atoms with Crippen LogP contribution in [0.4, 0.5) is 0 Å². The zero-order valence-electron chi connectivity index (χ0n) is 22.9. The average molecular weight is 574 g/mol. The molecular weight excluding hydrogens is 542 g/mol. The van der Waals surface area contributed by atoms with Gasteiger partial charge in [0.2, 0.25) is 0 Å². The number of fused-ring (bicyclic) bond motifs is 4. The Morgan fingerprint density at radius 1 is 1.10 bits per heavy atom. The molecule has 2 N–H and O–H groups in total. The van der Waals surface area contributed by atoms with Crippen LogP contribution in [-0.2, 0) is 22.5 Å².